The Morgan fingerprint density at radius 1 is 0.524 bits per heavy atom. The number of carbonyl (C=O) groups excluding carboxylic acids is 1. The second kappa shape index (κ2) is 33.2. The van der Waals surface area contributed by atoms with Crippen molar-refractivity contribution in [2.24, 2.45) is 0 Å². The molecule has 0 aromatic carbocycles. The van der Waals surface area contributed by atoms with Crippen molar-refractivity contribution in [1.82, 2.24) is 26.6 Å². The molecule has 0 saturated carbocycles. The molecule has 13 heteroatoms. The number of unbranched alkanes of at least 4 members (excludes halogenated alkanes) is 5. The van der Waals surface area contributed by atoms with Crippen molar-refractivity contribution in [3.63, 3.8) is 0 Å². The lowest BCUT2D eigenvalue weighted by Crippen LogP contribution is -2.48. The maximum Gasteiger partial charge on any atom is 0.501 e. The number of ether oxygens (including phenoxy) is 3. The maximum atomic E-state index is 11.9. The van der Waals surface area contributed by atoms with Crippen LogP contribution in [0, 0.1) is 0 Å². The minimum atomic E-state index is -2.86. The molecule has 12 nitrogen and oxygen atoms in total. The van der Waals surface area contributed by atoms with Gasteiger partial charge in [0.15, 0.2) is 0 Å². The quantitative estimate of drug-likeness (QED) is 0.0520. The molecule has 0 aliphatic rings. The SMILES string of the molecule is CCCCCCCCC(=O)NCCNCCNCCNCCNCCC[Si](OCCOC)(OCCOC)OCCOC. The topological polar surface area (TPSA) is 133 Å². The van der Waals surface area contributed by atoms with E-state index in [1.165, 1.54) is 25.7 Å². The molecule has 252 valence electrons. The van der Waals surface area contributed by atoms with E-state index in [-0.39, 0.29) is 5.91 Å². The first-order valence-electron chi connectivity index (χ1n) is 16.1. The minimum absolute atomic E-state index is 0.173. The van der Waals surface area contributed by atoms with Crippen molar-refractivity contribution in [2.75, 3.05) is 120 Å². The summed E-state index contributed by atoms with van der Waals surface area (Å²) in [6, 6.07) is 0.716. The first-order valence-corrected chi connectivity index (χ1v) is 18.1. The predicted octanol–water partition coefficient (Wildman–Crippen LogP) is 1.53. The van der Waals surface area contributed by atoms with Gasteiger partial charge >= 0.3 is 8.80 Å². The van der Waals surface area contributed by atoms with Crippen molar-refractivity contribution in [3.8, 4) is 0 Å². The Hall–Kier alpha value is -0.713. The van der Waals surface area contributed by atoms with Gasteiger partial charge < -0.3 is 54.1 Å². The van der Waals surface area contributed by atoms with Gasteiger partial charge in [0, 0.05) is 86.2 Å². The van der Waals surface area contributed by atoms with E-state index < -0.39 is 8.80 Å². The molecule has 0 spiro atoms. The van der Waals surface area contributed by atoms with Crippen LogP contribution in [0.4, 0.5) is 0 Å². The number of carbonyl (C=O) groups is 1. The van der Waals surface area contributed by atoms with Crippen molar-refractivity contribution in [1.29, 1.82) is 0 Å². The van der Waals surface area contributed by atoms with Crippen molar-refractivity contribution in [3.05, 3.63) is 0 Å². The van der Waals surface area contributed by atoms with Crippen LogP contribution < -0.4 is 26.6 Å². The fourth-order valence-corrected chi connectivity index (χ4v) is 6.56. The highest BCUT2D eigenvalue weighted by Gasteiger charge is 2.40. The van der Waals surface area contributed by atoms with E-state index in [0.29, 0.717) is 58.7 Å². The van der Waals surface area contributed by atoms with Crippen LogP contribution in [0.5, 0.6) is 0 Å². The smallest absolute Gasteiger partial charge is 0.382 e. The Balaban J connectivity index is 3.74. The van der Waals surface area contributed by atoms with E-state index in [4.69, 9.17) is 27.5 Å². The van der Waals surface area contributed by atoms with Gasteiger partial charge in [0.2, 0.25) is 5.91 Å². The second-order valence-corrected chi connectivity index (χ2v) is 12.9. The molecule has 0 rings (SSSR count). The molecule has 42 heavy (non-hydrogen) atoms. The molecule has 0 radical (unpaired) electrons. The third-order valence-corrected chi connectivity index (χ3v) is 9.38. The average Bonchev–Trinajstić information content (AvgIpc) is 2.99. The van der Waals surface area contributed by atoms with Gasteiger partial charge in [-0.2, -0.15) is 0 Å². The monoisotopic (exact) mass is 623 g/mol. The molecule has 0 aliphatic carbocycles. The minimum Gasteiger partial charge on any atom is -0.382 e. The largest absolute Gasteiger partial charge is 0.501 e. The van der Waals surface area contributed by atoms with E-state index in [1.54, 1.807) is 21.3 Å². The van der Waals surface area contributed by atoms with Crippen LogP contribution in [0.25, 0.3) is 0 Å². The van der Waals surface area contributed by atoms with Crippen LogP contribution in [0.3, 0.4) is 0 Å². The van der Waals surface area contributed by atoms with Crippen molar-refractivity contribution < 1.29 is 32.3 Å². The van der Waals surface area contributed by atoms with Crippen molar-refractivity contribution >= 4 is 14.7 Å². The normalized spacial score (nSPS) is 11.8. The molecule has 5 N–H and O–H groups in total. The lowest BCUT2D eigenvalue weighted by atomic mass is 10.1. The van der Waals surface area contributed by atoms with E-state index in [9.17, 15) is 4.79 Å². The van der Waals surface area contributed by atoms with Crippen molar-refractivity contribution in [2.45, 2.75) is 64.3 Å². The fourth-order valence-electron chi connectivity index (χ4n) is 4.09. The predicted molar refractivity (Wildman–Crippen MR) is 171 cm³/mol. The molecular formula is C29H65N5O7Si. The summed E-state index contributed by atoms with van der Waals surface area (Å²) in [6.45, 7) is 12.8. The van der Waals surface area contributed by atoms with Gasteiger partial charge in [-0.05, 0) is 19.4 Å². The molecule has 0 aromatic rings. The molecule has 0 saturated heterocycles. The summed E-state index contributed by atoms with van der Waals surface area (Å²) in [5.41, 5.74) is 0. The van der Waals surface area contributed by atoms with Gasteiger partial charge in [-0.15, -0.1) is 0 Å². The molecule has 0 atom stereocenters. The number of amides is 1. The molecule has 0 aromatic heterocycles. The molecule has 1 amide bonds. The lowest BCUT2D eigenvalue weighted by Gasteiger charge is -2.29. The van der Waals surface area contributed by atoms with Crippen LogP contribution in [0.15, 0.2) is 0 Å². The van der Waals surface area contributed by atoms with E-state index in [1.807, 2.05) is 0 Å². The number of hydrogen-bond acceptors (Lipinski definition) is 11. The molecule has 0 bridgehead atoms. The van der Waals surface area contributed by atoms with E-state index in [0.717, 1.165) is 71.6 Å². The Morgan fingerprint density at radius 3 is 1.43 bits per heavy atom. The van der Waals surface area contributed by atoms with Gasteiger partial charge in [-0.3, -0.25) is 4.79 Å². The number of methoxy groups -OCH3 is 3. The Kier molecular flexibility index (Phi) is 32.6. The lowest BCUT2D eigenvalue weighted by molar-refractivity contribution is -0.121. The van der Waals surface area contributed by atoms with Gasteiger partial charge in [-0.1, -0.05) is 39.0 Å². The average molecular weight is 624 g/mol. The summed E-state index contributed by atoms with van der Waals surface area (Å²) in [7, 11) is 2.10. The summed E-state index contributed by atoms with van der Waals surface area (Å²) in [6.07, 6.45) is 8.79. The number of rotatable bonds is 35. The third-order valence-electron chi connectivity index (χ3n) is 6.48. The summed E-state index contributed by atoms with van der Waals surface area (Å²) >= 11 is 0. The third kappa shape index (κ3) is 28.1. The molecule has 0 heterocycles. The molecule has 0 unspecified atom stereocenters. The fraction of sp³-hybridized carbons (Fsp3) is 0.966. The van der Waals surface area contributed by atoms with E-state index >= 15 is 0 Å². The summed E-state index contributed by atoms with van der Waals surface area (Å²) in [4.78, 5) is 11.9. The molecular weight excluding hydrogens is 558 g/mol. The van der Waals surface area contributed by atoms with Gasteiger partial charge in [0.05, 0.1) is 39.6 Å². The van der Waals surface area contributed by atoms with Crippen LogP contribution in [0.1, 0.15) is 58.3 Å². The highest BCUT2D eigenvalue weighted by Crippen LogP contribution is 2.18. The van der Waals surface area contributed by atoms with Crippen LogP contribution in [0.2, 0.25) is 6.04 Å². The molecule has 0 aliphatic heterocycles. The highest BCUT2D eigenvalue weighted by atomic mass is 28.4. The van der Waals surface area contributed by atoms with Crippen LogP contribution in [-0.2, 0) is 32.3 Å². The first kappa shape index (κ1) is 41.3. The first-order chi connectivity index (χ1) is 20.6. The standard InChI is InChI=1S/C29H65N5O7Si/c1-5-6-7-8-9-10-12-29(35)34-21-20-33-19-18-32-17-16-31-15-14-30-13-11-28-42(39-25-22-36-2,40-26-23-37-3)41-27-24-38-4/h30-33H,5-28H2,1-4H3,(H,34,35). The van der Waals surface area contributed by atoms with Gasteiger partial charge in [0.25, 0.3) is 0 Å². The summed E-state index contributed by atoms with van der Waals surface area (Å²) < 4.78 is 33.8. The Morgan fingerprint density at radius 2 is 0.952 bits per heavy atom. The highest BCUT2D eigenvalue weighted by molar-refractivity contribution is 6.60. The Bertz CT molecular complexity index is 544. The zero-order chi connectivity index (χ0) is 30.8. The van der Waals surface area contributed by atoms with Gasteiger partial charge in [-0.25, -0.2) is 0 Å². The number of hydrogen-bond donors (Lipinski definition) is 5. The molecule has 0 fully saturated rings. The maximum absolute atomic E-state index is 11.9. The summed E-state index contributed by atoms with van der Waals surface area (Å²) in [5, 5.41) is 16.7. The summed E-state index contributed by atoms with van der Waals surface area (Å²) in [5.74, 6) is 0.173. The zero-order valence-electron chi connectivity index (χ0n) is 27.3. The second-order valence-electron chi connectivity index (χ2n) is 10.2. The van der Waals surface area contributed by atoms with Crippen LogP contribution >= 0.6 is 0 Å². The zero-order valence-corrected chi connectivity index (χ0v) is 28.3. The van der Waals surface area contributed by atoms with Crippen LogP contribution in [-0.4, -0.2) is 135 Å². The van der Waals surface area contributed by atoms with Gasteiger partial charge in [0.1, 0.15) is 0 Å². The Labute approximate surface area is 257 Å². The number of nitrogens with one attached hydrogen (secondary N) is 5. The van der Waals surface area contributed by atoms with E-state index in [2.05, 4.69) is 33.5 Å².